The van der Waals surface area contributed by atoms with E-state index >= 15 is 0 Å². The van der Waals surface area contributed by atoms with Crippen molar-refractivity contribution in [3.05, 3.63) is 28.2 Å². The van der Waals surface area contributed by atoms with Gasteiger partial charge in [-0.25, -0.2) is 4.98 Å². The maximum Gasteiger partial charge on any atom is 0.179 e. The average molecular weight is 325 g/mol. The number of hydrogen-bond donors (Lipinski definition) is 1. The summed E-state index contributed by atoms with van der Waals surface area (Å²) in [6.45, 7) is 0.822. The Labute approximate surface area is 133 Å². The first-order valence-electron chi connectivity index (χ1n) is 6.81. The molecule has 0 radical (unpaired) electrons. The van der Waals surface area contributed by atoms with Crippen LogP contribution in [0.25, 0.3) is 10.6 Å². The van der Waals surface area contributed by atoms with Gasteiger partial charge >= 0.3 is 0 Å². The Morgan fingerprint density at radius 2 is 2.14 bits per heavy atom. The molecule has 1 fully saturated rings. The van der Waals surface area contributed by atoms with Gasteiger partial charge in [-0.1, -0.05) is 11.6 Å². The molecular weight excluding hydrogens is 308 g/mol. The molecule has 1 aromatic carbocycles. The molecule has 112 valence electrons. The number of thiazole rings is 1. The first-order chi connectivity index (χ1) is 10.2. The third-order valence-corrected chi connectivity index (χ3v) is 4.60. The number of halogens is 1. The van der Waals surface area contributed by atoms with E-state index < -0.39 is 0 Å². The van der Waals surface area contributed by atoms with Crippen LogP contribution in [0.1, 0.15) is 18.5 Å². The van der Waals surface area contributed by atoms with Gasteiger partial charge in [0.2, 0.25) is 0 Å². The predicted octanol–water partition coefficient (Wildman–Crippen LogP) is 3.73. The molecule has 0 aliphatic heterocycles. The molecule has 1 aromatic heterocycles. The van der Waals surface area contributed by atoms with E-state index in [1.807, 2.05) is 12.1 Å². The van der Waals surface area contributed by atoms with Crippen LogP contribution in [0.3, 0.4) is 0 Å². The normalized spacial score (nSPS) is 14.2. The summed E-state index contributed by atoms with van der Waals surface area (Å²) in [5, 5.41) is 7.01. The van der Waals surface area contributed by atoms with Gasteiger partial charge in [0.05, 0.1) is 24.9 Å². The lowest BCUT2D eigenvalue weighted by Gasteiger charge is -2.10. The third kappa shape index (κ3) is 3.31. The van der Waals surface area contributed by atoms with Crippen LogP contribution in [0.4, 0.5) is 0 Å². The average Bonchev–Trinajstić information content (AvgIpc) is 3.20. The highest BCUT2D eigenvalue weighted by molar-refractivity contribution is 7.13. The van der Waals surface area contributed by atoms with E-state index in [1.54, 1.807) is 25.6 Å². The summed E-state index contributed by atoms with van der Waals surface area (Å²) in [7, 11) is 3.18. The Kier molecular flexibility index (Phi) is 4.33. The van der Waals surface area contributed by atoms with Crippen LogP contribution in [0, 0.1) is 0 Å². The molecule has 0 bridgehead atoms. The number of aromatic nitrogens is 1. The number of nitrogens with zero attached hydrogens (tertiary/aromatic N) is 1. The number of rotatable bonds is 6. The number of ether oxygens (including phenoxy) is 2. The van der Waals surface area contributed by atoms with Gasteiger partial charge < -0.3 is 14.8 Å². The molecule has 0 spiro atoms. The van der Waals surface area contributed by atoms with Crippen molar-refractivity contribution in [1.29, 1.82) is 0 Å². The summed E-state index contributed by atoms with van der Waals surface area (Å²) < 4.78 is 10.6. The topological polar surface area (TPSA) is 43.4 Å². The molecule has 1 heterocycles. The van der Waals surface area contributed by atoms with Crippen molar-refractivity contribution >= 4 is 22.9 Å². The second kappa shape index (κ2) is 6.22. The maximum absolute atomic E-state index is 6.24. The van der Waals surface area contributed by atoms with Crippen molar-refractivity contribution in [3.63, 3.8) is 0 Å². The quantitative estimate of drug-likeness (QED) is 0.879. The van der Waals surface area contributed by atoms with Crippen LogP contribution < -0.4 is 14.8 Å². The molecule has 0 saturated heterocycles. The van der Waals surface area contributed by atoms with Crippen LogP contribution >= 0.6 is 22.9 Å². The molecule has 4 nitrogen and oxygen atoms in total. The van der Waals surface area contributed by atoms with Crippen molar-refractivity contribution in [2.45, 2.75) is 25.4 Å². The highest BCUT2D eigenvalue weighted by Gasteiger charge is 2.20. The summed E-state index contributed by atoms with van der Waals surface area (Å²) in [4.78, 5) is 4.65. The molecule has 1 saturated carbocycles. The molecule has 0 atom stereocenters. The van der Waals surface area contributed by atoms with E-state index in [1.165, 1.54) is 12.8 Å². The minimum atomic E-state index is 0.528. The fraction of sp³-hybridized carbons (Fsp3) is 0.400. The summed E-state index contributed by atoms with van der Waals surface area (Å²) >= 11 is 7.85. The molecule has 3 rings (SSSR count). The van der Waals surface area contributed by atoms with E-state index in [2.05, 4.69) is 15.7 Å². The number of hydrogen-bond acceptors (Lipinski definition) is 5. The Balaban J connectivity index is 1.83. The minimum absolute atomic E-state index is 0.528. The first kappa shape index (κ1) is 14.6. The van der Waals surface area contributed by atoms with E-state index in [0.717, 1.165) is 22.8 Å². The van der Waals surface area contributed by atoms with Gasteiger partial charge in [-0.15, -0.1) is 11.3 Å². The molecule has 21 heavy (non-hydrogen) atoms. The summed E-state index contributed by atoms with van der Waals surface area (Å²) in [5.41, 5.74) is 2.01. The predicted molar refractivity (Wildman–Crippen MR) is 85.5 cm³/mol. The molecule has 1 N–H and O–H groups in total. The van der Waals surface area contributed by atoms with Crippen LogP contribution in [0.5, 0.6) is 11.5 Å². The van der Waals surface area contributed by atoms with E-state index in [4.69, 9.17) is 21.1 Å². The first-order valence-corrected chi connectivity index (χ1v) is 8.06. The van der Waals surface area contributed by atoms with Gasteiger partial charge in [-0.05, 0) is 25.0 Å². The van der Waals surface area contributed by atoms with Gasteiger partial charge in [0.15, 0.2) is 11.5 Å². The molecule has 1 aliphatic rings. The third-order valence-electron chi connectivity index (χ3n) is 3.38. The van der Waals surface area contributed by atoms with Gasteiger partial charge in [0, 0.05) is 23.5 Å². The van der Waals surface area contributed by atoms with E-state index in [9.17, 15) is 0 Å². The summed E-state index contributed by atoms with van der Waals surface area (Å²) in [5.74, 6) is 1.17. The van der Waals surface area contributed by atoms with Crippen molar-refractivity contribution in [2.24, 2.45) is 0 Å². The molecule has 1 aliphatic carbocycles. The fourth-order valence-electron chi connectivity index (χ4n) is 2.10. The van der Waals surface area contributed by atoms with Crippen LogP contribution in [0.2, 0.25) is 5.02 Å². The minimum Gasteiger partial charge on any atom is -0.493 e. The smallest absolute Gasteiger partial charge is 0.179 e. The lowest BCUT2D eigenvalue weighted by Crippen LogP contribution is -2.15. The zero-order valence-electron chi connectivity index (χ0n) is 12.0. The van der Waals surface area contributed by atoms with Crippen molar-refractivity contribution in [1.82, 2.24) is 10.3 Å². The fourth-order valence-corrected chi connectivity index (χ4v) is 3.19. The zero-order valence-corrected chi connectivity index (χ0v) is 13.6. The Bertz CT molecular complexity index is 641. The lowest BCUT2D eigenvalue weighted by molar-refractivity contribution is 0.355. The molecular formula is C15H17ClN2O2S. The standard InChI is InChI=1S/C15H17ClN2O2S/c1-19-13-6-9(5-12(16)14(13)20-2)15-18-11(8-21-15)7-17-10-3-4-10/h5-6,8,10,17H,3-4,7H2,1-2H3. The Morgan fingerprint density at radius 3 is 2.81 bits per heavy atom. The van der Waals surface area contributed by atoms with Gasteiger partial charge in [-0.3, -0.25) is 0 Å². The van der Waals surface area contributed by atoms with E-state index in [0.29, 0.717) is 22.6 Å². The second-order valence-electron chi connectivity index (χ2n) is 4.99. The zero-order chi connectivity index (χ0) is 14.8. The highest BCUT2D eigenvalue weighted by atomic mass is 35.5. The molecule has 2 aromatic rings. The van der Waals surface area contributed by atoms with Crippen molar-refractivity contribution < 1.29 is 9.47 Å². The van der Waals surface area contributed by atoms with Crippen molar-refractivity contribution in [3.8, 4) is 22.1 Å². The van der Waals surface area contributed by atoms with Gasteiger partial charge in [-0.2, -0.15) is 0 Å². The highest BCUT2D eigenvalue weighted by Crippen LogP contribution is 2.39. The lowest BCUT2D eigenvalue weighted by atomic mass is 10.2. The largest absolute Gasteiger partial charge is 0.493 e. The van der Waals surface area contributed by atoms with E-state index in [-0.39, 0.29) is 0 Å². The summed E-state index contributed by atoms with van der Waals surface area (Å²) in [6, 6.07) is 4.45. The number of benzene rings is 1. The molecule has 6 heteroatoms. The number of nitrogens with one attached hydrogen (secondary N) is 1. The SMILES string of the molecule is COc1cc(-c2nc(CNC3CC3)cs2)cc(Cl)c1OC. The molecule has 0 amide bonds. The van der Waals surface area contributed by atoms with Crippen molar-refractivity contribution in [2.75, 3.05) is 14.2 Å². The monoisotopic (exact) mass is 324 g/mol. The van der Waals surface area contributed by atoms with Crippen LogP contribution in [-0.2, 0) is 6.54 Å². The Morgan fingerprint density at radius 1 is 1.33 bits per heavy atom. The maximum atomic E-state index is 6.24. The summed E-state index contributed by atoms with van der Waals surface area (Å²) in [6.07, 6.45) is 2.56. The van der Waals surface area contributed by atoms with Gasteiger partial charge in [0.25, 0.3) is 0 Å². The molecule has 0 unspecified atom stereocenters. The Hall–Kier alpha value is -1.30. The van der Waals surface area contributed by atoms with Gasteiger partial charge in [0.1, 0.15) is 5.01 Å². The number of methoxy groups -OCH3 is 2. The second-order valence-corrected chi connectivity index (χ2v) is 6.26. The van der Waals surface area contributed by atoms with Crippen LogP contribution in [-0.4, -0.2) is 25.2 Å². The van der Waals surface area contributed by atoms with Crippen LogP contribution in [0.15, 0.2) is 17.5 Å².